The quantitative estimate of drug-likeness (QED) is 0.664. The molecule has 5 nitrogen and oxygen atoms in total. The summed E-state index contributed by atoms with van der Waals surface area (Å²) in [7, 11) is 0. The van der Waals surface area contributed by atoms with Crippen LogP contribution >= 0.6 is 11.3 Å². The first-order chi connectivity index (χ1) is 14.5. The fourth-order valence-corrected chi connectivity index (χ4v) is 5.06. The summed E-state index contributed by atoms with van der Waals surface area (Å²) in [6.07, 6.45) is 5.55. The van der Waals surface area contributed by atoms with E-state index in [9.17, 15) is 9.59 Å². The molecule has 1 aromatic heterocycles. The van der Waals surface area contributed by atoms with Gasteiger partial charge in [0.2, 0.25) is 5.91 Å². The Hall–Kier alpha value is -2.21. The first kappa shape index (κ1) is 22.5. The van der Waals surface area contributed by atoms with Crippen LogP contribution in [0.5, 0.6) is 0 Å². The molecule has 0 radical (unpaired) electrons. The van der Waals surface area contributed by atoms with E-state index in [-0.39, 0.29) is 23.8 Å². The number of likely N-dealkylation sites (tertiary alicyclic amines) is 1. The summed E-state index contributed by atoms with van der Waals surface area (Å²) >= 11 is 1.52. The largest absolute Gasteiger partial charge is 0.348 e. The number of carbonyl (C=O) groups excluding carboxylic acids is 2. The maximum atomic E-state index is 13.0. The van der Waals surface area contributed by atoms with E-state index in [0.717, 1.165) is 59.7 Å². The normalized spacial score (nSPS) is 15.8. The molecule has 0 spiro atoms. The standard InChI is InChI=1S/C24H33N3O2S/c1-4-6-12-21-25-17(3)22(30-21)23(28)26-19-13-15-27(16-14-19)24(29)20(5-2)18-10-8-7-9-11-18/h7-11,19-20H,4-6,12-16H2,1-3H3,(H,26,28). The first-order valence-electron chi connectivity index (χ1n) is 11.1. The van der Waals surface area contributed by atoms with Gasteiger partial charge in [-0.15, -0.1) is 11.3 Å². The Labute approximate surface area is 183 Å². The summed E-state index contributed by atoms with van der Waals surface area (Å²) in [5, 5.41) is 4.22. The smallest absolute Gasteiger partial charge is 0.263 e. The van der Waals surface area contributed by atoms with Gasteiger partial charge in [-0.05, 0) is 44.6 Å². The molecular formula is C24H33N3O2S. The second-order valence-electron chi connectivity index (χ2n) is 8.07. The average molecular weight is 428 g/mol. The Morgan fingerprint density at radius 1 is 1.20 bits per heavy atom. The molecule has 1 aromatic carbocycles. The number of hydrogen-bond acceptors (Lipinski definition) is 4. The number of hydrogen-bond donors (Lipinski definition) is 1. The molecule has 1 aliphatic heterocycles. The van der Waals surface area contributed by atoms with Crippen LogP contribution in [0.4, 0.5) is 0 Å². The van der Waals surface area contributed by atoms with Gasteiger partial charge in [-0.3, -0.25) is 9.59 Å². The highest BCUT2D eigenvalue weighted by atomic mass is 32.1. The van der Waals surface area contributed by atoms with Gasteiger partial charge in [-0.1, -0.05) is 50.6 Å². The predicted molar refractivity (Wildman–Crippen MR) is 122 cm³/mol. The van der Waals surface area contributed by atoms with E-state index >= 15 is 0 Å². The maximum Gasteiger partial charge on any atom is 0.263 e. The van der Waals surface area contributed by atoms with Gasteiger partial charge in [0.1, 0.15) is 4.88 Å². The highest BCUT2D eigenvalue weighted by Gasteiger charge is 2.29. The molecule has 30 heavy (non-hydrogen) atoms. The Balaban J connectivity index is 1.53. The van der Waals surface area contributed by atoms with Crippen LogP contribution in [-0.2, 0) is 11.2 Å². The molecule has 1 N–H and O–H groups in total. The third kappa shape index (κ3) is 5.48. The minimum absolute atomic E-state index is 0.0201. The number of rotatable bonds is 8. The van der Waals surface area contributed by atoms with Crippen LogP contribution < -0.4 is 5.32 Å². The van der Waals surface area contributed by atoms with Gasteiger partial charge in [0, 0.05) is 19.1 Å². The number of aromatic nitrogens is 1. The van der Waals surface area contributed by atoms with E-state index in [1.54, 1.807) is 0 Å². The number of benzene rings is 1. The fraction of sp³-hybridized carbons (Fsp3) is 0.542. The lowest BCUT2D eigenvalue weighted by atomic mass is 9.93. The van der Waals surface area contributed by atoms with Crippen molar-refractivity contribution in [1.82, 2.24) is 15.2 Å². The highest BCUT2D eigenvalue weighted by molar-refractivity contribution is 7.13. The lowest BCUT2D eigenvalue weighted by Gasteiger charge is -2.34. The zero-order valence-electron chi connectivity index (χ0n) is 18.3. The molecule has 6 heteroatoms. The van der Waals surface area contributed by atoms with Gasteiger partial charge in [0.25, 0.3) is 5.91 Å². The van der Waals surface area contributed by atoms with Crippen LogP contribution in [0.2, 0.25) is 0 Å². The lowest BCUT2D eigenvalue weighted by molar-refractivity contribution is -0.134. The summed E-state index contributed by atoms with van der Waals surface area (Å²) in [6, 6.07) is 10.1. The number of nitrogens with zero attached hydrogens (tertiary/aromatic N) is 2. The van der Waals surface area contributed by atoms with E-state index in [1.165, 1.54) is 11.3 Å². The average Bonchev–Trinajstić information content (AvgIpc) is 3.14. The van der Waals surface area contributed by atoms with Gasteiger partial charge < -0.3 is 10.2 Å². The van der Waals surface area contributed by atoms with Crippen molar-refractivity contribution in [2.45, 2.75) is 71.3 Å². The van der Waals surface area contributed by atoms with Crippen molar-refractivity contribution >= 4 is 23.2 Å². The number of aryl methyl sites for hydroxylation is 2. The Kier molecular flexibility index (Phi) is 8.02. The van der Waals surface area contributed by atoms with Gasteiger partial charge >= 0.3 is 0 Å². The molecule has 1 unspecified atom stereocenters. The number of thiazole rings is 1. The Morgan fingerprint density at radius 2 is 1.90 bits per heavy atom. The second kappa shape index (κ2) is 10.7. The second-order valence-corrected chi connectivity index (χ2v) is 9.15. The molecule has 0 bridgehead atoms. The molecule has 162 valence electrons. The molecule has 1 saturated heterocycles. The Morgan fingerprint density at radius 3 is 2.53 bits per heavy atom. The number of carbonyl (C=O) groups is 2. The van der Waals surface area contributed by atoms with Crippen LogP contribution in [0.1, 0.15) is 77.8 Å². The van der Waals surface area contributed by atoms with Crippen molar-refractivity contribution < 1.29 is 9.59 Å². The number of unbranched alkanes of at least 4 members (excludes halogenated alkanes) is 1. The van der Waals surface area contributed by atoms with Crippen molar-refractivity contribution in [3.05, 3.63) is 51.5 Å². The molecular weight excluding hydrogens is 394 g/mol. The summed E-state index contributed by atoms with van der Waals surface area (Å²) in [5.41, 5.74) is 1.91. The van der Waals surface area contributed by atoms with Gasteiger partial charge in [0.05, 0.1) is 16.6 Å². The number of nitrogens with one attached hydrogen (secondary N) is 1. The summed E-state index contributed by atoms with van der Waals surface area (Å²) in [5.74, 6) is 0.0966. The molecule has 0 saturated carbocycles. The molecule has 2 aromatic rings. The third-order valence-corrected chi connectivity index (χ3v) is 7.06. The zero-order valence-corrected chi connectivity index (χ0v) is 19.1. The minimum Gasteiger partial charge on any atom is -0.348 e. The minimum atomic E-state index is -0.0845. The van der Waals surface area contributed by atoms with Crippen LogP contribution in [0.25, 0.3) is 0 Å². The van der Waals surface area contributed by atoms with Crippen LogP contribution in [0, 0.1) is 6.92 Å². The van der Waals surface area contributed by atoms with Crippen LogP contribution in [-0.4, -0.2) is 40.8 Å². The summed E-state index contributed by atoms with van der Waals surface area (Å²) in [6.45, 7) is 7.52. The molecule has 1 fully saturated rings. The monoisotopic (exact) mass is 427 g/mol. The number of piperidine rings is 1. The fourth-order valence-electron chi connectivity index (χ4n) is 4.05. The SMILES string of the molecule is CCCCc1nc(C)c(C(=O)NC2CCN(C(=O)C(CC)c3ccccc3)CC2)s1. The van der Waals surface area contributed by atoms with E-state index in [2.05, 4.69) is 24.1 Å². The van der Waals surface area contributed by atoms with Crippen LogP contribution in [0.15, 0.2) is 30.3 Å². The van der Waals surface area contributed by atoms with Crippen molar-refractivity contribution in [1.29, 1.82) is 0 Å². The topological polar surface area (TPSA) is 62.3 Å². The third-order valence-electron chi connectivity index (χ3n) is 5.84. The predicted octanol–water partition coefficient (Wildman–Crippen LogP) is 4.71. The first-order valence-corrected chi connectivity index (χ1v) is 12.0. The molecule has 2 heterocycles. The van der Waals surface area contributed by atoms with Crippen LogP contribution in [0.3, 0.4) is 0 Å². The molecule has 1 atom stereocenters. The zero-order chi connectivity index (χ0) is 21.5. The molecule has 2 amide bonds. The number of amides is 2. The van der Waals surface area contributed by atoms with E-state index in [1.807, 2.05) is 42.2 Å². The highest BCUT2D eigenvalue weighted by Crippen LogP contribution is 2.25. The molecule has 3 rings (SSSR count). The lowest BCUT2D eigenvalue weighted by Crippen LogP contribution is -2.47. The van der Waals surface area contributed by atoms with Crippen molar-refractivity contribution in [2.75, 3.05) is 13.1 Å². The van der Waals surface area contributed by atoms with E-state index < -0.39 is 0 Å². The summed E-state index contributed by atoms with van der Waals surface area (Å²) < 4.78 is 0. The van der Waals surface area contributed by atoms with E-state index in [4.69, 9.17) is 0 Å². The van der Waals surface area contributed by atoms with E-state index in [0.29, 0.717) is 13.1 Å². The van der Waals surface area contributed by atoms with Crippen molar-refractivity contribution in [3.8, 4) is 0 Å². The molecule has 1 aliphatic rings. The molecule has 0 aliphatic carbocycles. The van der Waals surface area contributed by atoms with Crippen molar-refractivity contribution in [2.24, 2.45) is 0 Å². The summed E-state index contributed by atoms with van der Waals surface area (Å²) in [4.78, 5) is 33.1. The maximum absolute atomic E-state index is 13.0. The van der Waals surface area contributed by atoms with Gasteiger partial charge in [-0.2, -0.15) is 0 Å². The van der Waals surface area contributed by atoms with Crippen molar-refractivity contribution in [3.63, 3.8) is 0 Å². The van der Waals surface area contributed by atoms with Gasteiger partial charge in [0.15, 0.2) is 0 Å². The Bertz CT molecular complexity index is 841. The van der Waals surface area contributed by atoms with Gasteiger partial charge in [-0.25, -0.2) is 4.98 Å².